The van der Waals surface area contributed by atoms with Crippen molar-refractivity contribution in [3.05, 3.63) is 116 Å². The molecule has 3 aromatic heterocycles. The summed E-state index contributed by atoms with van der Waals surface area (Å²) >= 11 is 0. The number of hydrogen-bond donors (Lipinski definition) is 0. The molecule has 5 nitrogen and oxygen atoms in total. The van der Waals surface area contributed by atoms with Crippen molar-refractivity contribution in [2.24, 2.45) is 0 Å². The summed E-state index contributed by atoms with van der Waals surface area (Å²) in [4.78, 5) is 13.2. The number of aromatic nitrogens is 5. The summed E-state index contributed by atoms with van der Waals surface area (Å²) in [6.07, 6.45) is 3.12. The molecule has 0 aliphatic rings. The minimum Gasteiger partial charge on any atom is -0.309 e. The molecule has 5 aromatic carbocycles. The lowest BCUT2D eigenvalue weighted by atomic mass is 10.0. The maximum atomic E-state index is 4.56. The topological polar surface area (TPSA) is 48.5 Å². The molecule has 0 saturated heterocycles. The Kier molecular flexibility index (Phi) is 3.88. The van der Waals surface area contributed by atoms with Crippen LogP contribution in [-0.4, -0.2) is 24.1 Å². The van der Waals surface area contributed by atoms with E-state index in [0.717, 1.165) is 16.7 Å². The van der Waals surface area contributed by atoms with Gasteiger partial charge in [-0.15, -0.1) is 0 Å². The Hall–Kier alpha value is -5.03. The van der Waals surface area contributed by atoms with Crippen molar-refractivity contribution < 1.29 is 0 Å². The van der Waals surface area contributed by atoms with E-state index in [1.807, 2.05) is 0 Å². The molecular weight excluding hydrogens is 442 g/mol. The van der Waals surface area contributed by atoms with Gasteiger partial charge in [-0.25, -0.2) is 15.0 Å². The number of rotatable bonds is 2. The first-order chi connectivity index (χ1) is 17.9. The summed E-state index contributed by atoms with van der Waals surface area (Å²) in [6.45, 7) is 0. The van der Waals surface area contributed by atoms with Crippen molar-refractivity contribution in [3.8, 4) is 11.6 Å². The third kappa shape index (κ3) is 2.51. The van der Waals surface area contributed by atoms with Crippen LogP contribution in [0.3, 0.4) is 0 Å². The van der Waals surface area contributed by atoms with Crippen LogP contribution in [0, 0.1) is 0 Å². The van der Waals surface area contributed by atoms with Gasteiger partial charge < -0.3 is 4.57 Å². The Balaban J connectivity index is 1.68. The van der Waals surface area contributed by atoms with Crippen molar-refractivity contribution in [3.63, 3.8) is 0 Å². The molecule has 0 N–H and O–H groups in total. The highest BCUT2D eigenvalue weighted by molar-refractivity contribution is 6.30. The lowest BCUT2D eigenvalue weighted by Crippen LogP contribution is -2.01. The first-order valence-electron chi connectivity index (χ1n) is 12.0. The number of nitrogens with zero attached hydrogens (tertiary/aromatic N) is 5. The number of hydrogen-bond acceptors (Lipinski definition) is 3. The highest BCUT2D eigenvalue weighted by Crippen LogP contribution is 2.42. The fraction of sp³-hybridized carbons (Fsp3) is 0. The van der Waals surface area contributed by atoms with E-state index in [4.69, 9.17) is 0 Å². The molecular formula is C31H19N5. The fourth-order valence-corrected chi connectivity index (χ4v) is 5.74. The fourth-order valence-electron chi connectivity index (χ4n) is 5.74. The molecule has 8 aromatic rings. The first kappa shape index (κ1) is 19.3. The molecule has 0 atom stereocenters. The summed E-state index contributed by atoms with van der Waals surface area (Å²) in [5.74, 6) is 0.618. The lowest BCUT2D eigenvalue weighted by Gasteiger charge is -2.10. The van der Waals surface area contributed by atoms with Crippen LogP contribution in [0.1, 0.15) is 0 Å². The van der Waals surface area contributed by atoms with E-state index in [1.54, 1.807) is 12.7 Å². The summed E-state index contributed by atoms with van der Waals surface area (Å²) < 4.78 is 4.54. The van der Waals surface area contributed by atoms with E-state index in [-0.39, 0.29) is 0 Å². The molecule has 0 aliphatic carbocycles. The van der Waals surface area contributed by atoms with Gasteiger partial charge in [0.25, 0.3) is 0 Å². The summed E-state index contributed by atoms with van der Waals surface area (Å²) in [6, 6.07) is 36.6. The second-order valence-electron chi connectivity index (χ2n) is 9.00. The predicted octanol–water partition coefficient (Wildman–Crippen LogP) is 7.22. The van der Waals surface area contributed by atoms with Crippen LogP contribution in [0.2, 0.25) is 0 Å². The van der Waals surface area contributed by atoms with Crippen LogP contribution in [-0.2, 0) is 0 Å². The third-order valence-corrected chi connectivity index (χ3v) is 7.15. The smallest absolute Gasteiger partial charge is 0.237 e. The average Bonchev–Trinajstić information content (AvgIpc) is 3.47. The van der Waals surface area contributed by atoms with Gasteiger partial charge in [-0.2, -0.15) is 0 Å². The summed E-state index contributed by atoms with van der Waals surface area (Å²) in [5.41, 5.74) is 5.70. The van der Waals surface area contributed by atoms with E-state index >= 15 is 0 Å². The van der Waals surface area contributed by atoms with Gasteiger partial charge in [0.15, 0.2) is 0 Å². The van der Waals surface area contributed by atoms with Crippen LogP contribution in [0.5, 0.6) is 0 Å². The molecule has 0 saturated carbocycles. The number of para-hydroxylation sites is 3. The van der Waals surface area contributed by atoms with Crippen LogP contribution in [0.15, 0.2) is 116 Å². The second-order valence-corrected chi connectivity index (χ2v) is 9.00. The molecule has 0 bridgehead atoms. The molecule has 168 valence electrons. The van der Waals surface area contributed by atoms with Gasteiger partial charge in [0.2, 0.25) is 5.95 Å². The second kappa shape index (κ2) is 7.23. The van der Waals surface area contributed by atoms with E-state index < -0.39 is 0 Å². The van der Waals surface area contributed by atoms with Crippen LogP contribution in [0.4, 0.5) is 0 Å². The zero-order valence-corrected chi connectivity index (χ0v) is 19.2. The zero-order chi connectivity index (χ0) is 23.6. The number of fused-ring (bicyclic) bond motifs is 9. The SMILES string of the molecule is c1ccc(-n2c3ccccc3c3c4c(ccc5c6ccccc6n(-c6ncncn6)c54)ccc32)cc1. The minimum atomic E-state index is 0.618. The summed E-state index contributed by atoms with van der Waals surface area (Å²) in [5, 5.41) is 7.20. The van der Waals surface area contributed by atoms with Crippen molar-refractivity contribution in [1.82, 2.24) is 24.1 Å². The Morgan fingerprint density at radius 2 is 1.14 bits per heavy atom. The van der Waals surface area contributed by atoms with Gasteiger partial charge in [-0.3, -0.25) is 4.57 Å². The normalized spacial score (nSPS) is 11.9. The zero-order valence-electron chi connectivity index (χ0n) is 19.2. The highest BCUT2D eigenvalue weighted by Gasteiger charge is 2.21. The first-order valence-corrected chi connectivity index (χ1v) is 12.0. The van der Waals surface area contributed by atoms with E-state index in [2.05, 4.69) is 127 Å². The van der Waals surface area contributed by atoms with E-state index in [0.29, 0.717) is 5.95 Å². The van der Waals surface area contributed by atoms with E-state index in [9.17, 15) is 0 Å². The van der Waals surface area contributed by atoms with Gasteiger partial charge in [-0.1, -0.05) is 72.8 Å². The maximum Gasteiger partial charge on any atom is 0.237 e. The monoisotopic (exact) mass is 461 g/mol. The molecule has 0 radical (unpaired) electrons. The van der Waals surface area contributed by atoms with Crippen molar-refractivity contribution in [2.45, 2.75) is 0 Å². The minimum absolute atomic E-state index is 0.618. The standard InChI is InChI=1S/C31H19N5/c1-2-8-21(9-3-1)35-26-13-7-5-11-24(26)29-27(35)17-15-20-14-16-23-22-10-4-6-12-25(22)36(30(23)28(20)29)31-33-18-32-19-34-31/h1-19H. The molecule has 0 fully saturated rings. The largest absolute Gasteiger partial charge is 0.309 e. The van der Waals surface area contributed by atoms with Crippen molar-refractivity contribution in [2.75, 3.05) is 0 Å². The van der Waals surface area contributed by atoms with Crippen molar-refractivity contribution in [1.29, 1.82) is 0 Å². The maximum absolute atomic E-state index is 4.56. The Bertz CT molecular complexity index is 2090. The van der Waals surface area contributed by atoms with Crippen LogP contribution in [0.25, 0.3) is 66.0 Å². The van der Waals surface area contributed by atoms with Gasteiger partial charge in [-0.05, 0) is 35.7 Å². The molecule has 36 heavy (non-hydrogen) atoms. The third-order valence-electron chi connectivity index (χ3n) is 7.15. The lowest BCUT2D eigenvalue weighted by molar-refractivity contribution is 0.941. The van der Waals surface area contributed by atoms with Gasteiger partial charge in [0.1, 0.15) is 12.7 Å². The van der Waals surface area contributed by atoms with Crippen LogP contribution < -0.4 is 0 Å². The average molecular weight is 462 g/mol. The Morgan fingerprint density at radius 3 is 1.94 bits per heavy atom. The van der Waals surface area contributed by atoms with Gasteiger partial charge in [0.05, 0.1) is 22.1 Å². The quantitative estimate of drug-likeness (QED) is 0.273. The highest BCUT2D eigenvalue weighted by atomic mass is 15.2. The predicted molar refractivity (Wildman–Crippen MR) is 146 cm³/mol. The molecule has 0 amide bonds. The summed E-state index contributed by atoms with van der Waals surface area (Å²) in [7, 11) is 0. The van der Waals surface area contributed by atoms with Gasteiger partial charge in [0, 0.05) is 32.6 Å². The molecule has 5 heteroatoms. The molecule has 0 spiro atoms. The van der Waals surface area contributed by atoms with Crippen LogP contribution >= 0.6 is 0 Å². The Morgan fingerprint density at radius 1 is 0.472 bits per heavy atom. The van der Waals surface area contributed by atoms with E-state index in [1.165, 1.54) is 43.4 Å². The Labute approximate surface area is 205 Å². The number of benzene rings is 5. The molecule has 3 heterocycles. The molecule has 0 unspecified atom stereocenters. The molecule has 8 rings (SSSR count). The molecule has 0 aliphatic heterocycles. The van der Waals surface area contributed by atoms with Gasteiger partial charge >= 0.3 is 0 Å². The van der Waals surface area contributed by atoms with Crippen molar-refractivity contribution >= 4 is 54.4 Å².